The Morgan fingerprint density at radius 1 is 1.13 bits per heavy atom. The lowest BCUT2D eigenvalue weighted by Gasteiger charge is -2.26. The molecule has 0 bridgehead atoms. The molecular formula is C24H32N2O3S. The van der Waals surface area contributed by atoms with E-state index in [1.54, 1.807) is 13.8 Å². The van der Waals surface area contributed by atoms with Crippen LogP contribution in [0.1, 0.15) is 74.3 Å². The molecule has 2 aromatic rings. The van der Waals surface area contributed by atoms with Crippen molar-refractivity contribution in [3.05, 3.63) is 45.8 Å². The van der Waals surface area contributed by atoms with Gasteiger partial charge in [0.05, 0.1) is 5.56 Å². The number of carbonyl (C=O) groups excluding carboxylic acids is 2. The molecule has 0 spiro atoms. The van der Waals surface area contributed by atoms with Gasteiger partial charge in [0.1, 0.15) is 10.8 Å². The van der Waals surface area contributed by atoms with E-state index in [1.165, 1.54) is 16.9 Å². The van der Waals surface area contributed by atoms with Crippen LogP contribution in [0, 0.1) is 5.92 Å². The molecule has 30 heavy (non-hydrogen) atoms. The van der Waals surface area contributed by atoms with Crippen LogP contribution in [0.2, 0.25) is 0 Å². The van der Waals surface area contributed by atoms with Crippen LogP contribution >= 0.6 is 11.3 Å². The molecule has 1 atom stereocenters. The van der Waals surface area contributed by atoms with Crippen LogP contribution in [0.25, 0.3) is 0 Å². The minimum atomic E-state index is -1.12. The third-order valence-electron chi connectivity index (χ3n) is 5.63. The number of hydrogen-bond donors (Lipinski definition) is 2. The summed E-state index contributed by atoms with van der Waals surface area (Å²) >= 11 is 1.46. The highest BCUT2D eigenvalue weighted by atomic mass is 32.1. The average Bonchev–Trinajstić information content (AvgIpc) is 2.98. The molecule has 1 unspecified atom stereocenters. The number of primary amides is 1. The number of carbonyl (C=O) groups is 2. The monoisotopic (exact) mass is 428 g/mol. The van der Waals surface area contributed by atoms with Crippen molar-refractivity contribution in [2.45, 2.75) is 71.8 Å². The lowest BCUT2D eigenvalue weighted by Crippen LogP contribution is -2.42. The zero-order chi connectivity index (χ0) is 22.3. The van der Waals surface area contributed by atoms with E-state index in [1.807, 2.05) is 24.3 Å². The summed E-state index contributed by atoms with van der Waals surface area (Å²) < 4.78 is 6.00. The Balaban J connectivity index is 1.79. The number of amides is 2. The molecule has 1 aliphatic rings. The molecule has 3 N–H and O–H groups in total. The summed E-state index contributed by atoms with van der Waals surface area (Å²) in [6.45, 7) is 12.1. The Bertz CT molecular complexity index is 952. The standard InChI is InChI=1S/C24H32N2O3S/c1-14-7-12-17-18(13-14)30-21(19(17)20(25)27)26-22(28)24(5,6)29-16-10-8-15(9-11-16)23(2,3)4/h8-11,14H,7,12-13H2,1-6H3,(H2,25,27)(H,26,28). The zero-order valence-electron chi connectivity index (χ0n) is 18.7. The van der Waals surface area contributed by atoms with Crippen LogP contribution in [0.15, 0.2) is 24.3 Å². The summed E-state index contributed by atoms with van der Waals surface area (Å²) in [6.07, 6.45) is 2.76. The van der Waals surface area contributed by atoms with E-state index in [-0.39, 0.29) is 11.3 Å². The first-order valence-electron chi connectivity index (χ1n) is 10.4. The molecule has 3 rings (SSSR count). The number of hydrogen-bond acceptors (Lipinski definition) is 4. The largest absolute Gasteiger partial charge is 0.478 e. The van der Waals surface area contributed by atoms with Crippen molar-refractivity contribution in [1.29, 1.82) is 0 Å². The first-order valence-corrected chi connectivity index (χ1v) is 11.3. The number of ether oxygens (including phenoxy) is 1. The smallest absolute Gasteiger partial charge is 0.268 e. The van der Waals surface area contributed by atoms with Crippen molar-refractivity contribution in [2.75, 3.05) is 5.32 Å². The van der Waals surface area contributed by atoms with Gasteiger partial charge in [0.15, 0.2) is 5.60 Å². The molecule has 0 aliphatic heterocycles. The Morgan fingerprint density at radius 2 is 1.77 bits per heavy atom. The van der Waals surface area contributed by atoms with Crippen LogP contribution in [-0.4, -0.2) is 17.4 Å². The average molecular weight is 429 g/mol. The third-order valence-corrected chi connectivity index (χ3v) is 6.80. The molecule has 5 nitrogen and oxygen atoms in total. The molecule has 2 amide bonds. The number of nitrogens with two attached hydrogens (primary N) is 1. The number of fused-ring (bicyclic) bond motifs is 1. The Labute approximate surface area is 183 Å². The van der Waals surface area contributed by atoms with Crippen molar-refractivity contribution in [3.63, 3.8) is 0 Å². The van der Waals surface area contributed by atoms with Gasteiger partial charge in [-0.1, -0.05) is 39.8 Å². The summed E-state index contributed by atoms with van der Waals surface area (Å²) in [7, 11) is 0. The highest BCUT2D eigenvalue weighted by Crippen LogP contribution is 2.40. The van der Waals surface area contributed by atoms with Crippen LogP contribution in [0.3, 0.4) is 0 Å². The van der Waals surface area contributed by atoms with E-state index in [9.17, 15) is 9.59 Å². The van der Waals surface area contributed by atoms with Crippen LogP contribution in [-0.2, 0) is 23.1 Å². The van der Waals surface area contributed by atoms with Gasteiger partial charge >= 0.3 is 0 Å². The third kappa shape index (κ3) is 4.69. The lowest BCUT2D eigenvalue weighted by molar-refractivity contribution is -0.128. The summed E-state index contributed by atoms with van der Waals surface area (Å²) in [6, 6.07) is 7.80. The van der Waals surface area contributed by atoms with E-state index >= 15 is 0 Å². The second-order valence-electron chi connectivity index (χ2n) is 9.76. The number of thiophene rings is 1. The van der Waals surface area contributed by atoms with E-state index in [0.717, 1.165) is 29.7 Å². The number of nitrogens with one attached hydrogen (secondary N) is 1. The van der Waals surface area contributed by atoms with E-state index in [4.69, 9.17) is 10.5 Å². The van der Waals surface area contributed by atoms with Crippen molar-refractivity contribution in [3.8, 4) is 5.75 Å². The maximum Gasteiger partial charge on any atom is 0.268 e. The van der Waals surface area contributed by atoms with Crippen LogP contribution < -0.4 is 15.8 Å². The van der Waals surface area contributed by atoms with Gasteiger partial charge in [0, 0.05) is 4.88 Å². The first kappa shape index (κ1) is 22.3. The molecule has 6 heteroatoms. The fourth-order valence-corrected chi connectivity index (χ4v) is 5.13. The van der Waals surface area contributed by atoms with Crippen molar-refractivity contribution >= 4 is 28.2 Å². The number of anilines is 1. The van der Waals surface area contributed by atoms with Gasteiger partial charge in [-0.05, 0) is 67.7 Å². The molecule has 1 heterocycles. The second kappa shape index (κ2) is 8.06. The van der Waals surface area contributed by atoms with Crippen LogP contribution in [0.4, 0.5) is 5.00 Å². The minimum Gasteiger partial charge on any atom is -0.478 e. The van der Waals surface area contributed by atoms with Crippen molar-refractivity contribution in [2.24, 2.45) is 11.7 Å². The normalized spacial score (nSPS) is 16.7. The maximum absolute atomic E-state index is 13.0. The van der Waals surface area contributed by atoms with Gasteiger partial charge < -0.3 is 15.8 Å². The summed E-state index contributed by atoms with van der Waals surface area (Å²) in [4.78, 5) is 26.3. The predicted molar refractivity (Wildman–Crippen MR) is 123 cm³/mol. The van der Waals surface area contributed by atoms with Gasteiger partial charge in [-0.2, -0.15) is 0 Å². The molecular weight excluding hydrogens is 396 g/mol. The van der Waals surface area contributed by atoms with E-state index < -0.39 is 11.5 Å². The Kier molecular flexibility index (Phi) is 6.01. The SMILES string of the molecule is CC1CCc2c(sc(NC(=O)C(C)(C)Oc3ccc(C(C)(C)C)cc3)c2C(N)=O)C1. The fraction of sp³-hybridized carbons (Fsp3) is 0.500. The first-order chi connectivity index (χ1) is 13.9. The Morgan fingerprint density at radius 3 is 2.33 bits per heavy atom. The summed E-state index contributed by atoms with van der Waals surface area (Å²) in [5, 5.41) is 3.45. The van der Waals surface area contributed by atoms with E-state index in [0.29, 0.717) is 22.2 Å². The zero-order valence-corrected chi connectivity index (χ0v) is 19.5. The highest BCUT2D eigenvalue weighted by molar-refractivity contribution is 7.17. The summed E-state index contributed by atoms with van der Waals surface area (Å²) in [5.74, 6) is 0.388. The van der Waals surface area contributed by atoms with Gasteiger partial charge in [-0.25, -0.2) is 0 Å². The molecule has 1 aromatic heterocycles. The summed E-state index contributed by atoms with van der Waals surface area (Å²) in [5.41, 5.74) is 7.25. The second-order valence-corrected chi connectivity index (χ2v) is 10.9. The lowest BCUT2D eigenvalue weighted by atomic mass is 9.87. The topological polar surface area (TPSA) is 81.4 Å². The van der Waals surface area contributed by atoms with Crippen LogP contribution in [0.5, 0.6) is 5.75 Å². The highest BCUT2D eigenvalue weighted by Gasteiger charge is 2.33. The maximum atomic E-state index is 13.0. The molecule has 0 fully saturated rings. The molecule has 1 aliphatic carbocycles. The van der Waals surface area contributed by atoms with Crippen molar-refractivity contribution < 1.29 is 14.3 Å². The molecule has 0 saturated carbocycles. The molecule has 1 aromatic carbocycles. The van der Waals surface area contributed by atoms with E-state index in [2.05, 4.69) is 33.0 Å². The molecule has 0 saturated heterocycles. The predicted octanol–water partition coefficient (Wildman–Crippen LogP) is 5.07. The van der Waals surface area contributed by atoms with Gasteiger partial charge in [0.2, 0.25) is 0 Å². The molecule has 162 valence electrons. The molecule has 0 radical (unpaired) electrons. The fourth-order valence-electron chi connectivity index (χ4n) is 3.72. The van der Waals surface area contributed by atoms with Gasteiger partial charge in [-0.3, -0.25) is 9.59 Å². The van der Waals surface area contributed by atoms with Crippen molar-refractivity contribution in [1.82, 2.24) is 0 Å². The van der Waals surface area contributed by atoms with Gasteiger partial charge in [0.25, 0.3) is 11.8 Å². The number of benzene rings is 1. The Hall–Kier alpha value is -2.34. The minimum absolute atomic E-state index is 0.0480. The van der Waals surface area contributed by atoms with Gasteiger partial charge in [-0.15, -0.1) is 11.3 Å². The quantitative estimate of drug-likeness (QED) is 0.698. The number of rotatable bonds is 5.